The lowest BCUT2D eigenvalue weighted by Crippen LogP contribution is -2.44. The molecular formula is C10H23NO2. The Morgan fingerprint density at radius 3 is 2.31 bits per heavy atom. The molecule has 0 aliphatic carbocycles. The molecule has 0 aliphatic rings. The summed E-state index contributed by atoms with van der Waals surface area (Å²) in [6.07, 6.45) is 1.60. The van der Waals surface area contributed by atoms with Gasteiger partial charge in [0.25, 0.3) is 0 Å². The van der Waals surface area contributed by atoms with Crippen LogP contribution >= 0.6 is 0 Å². The fraction of sp³-hybridized carbons (Fsp3) is 1.00. The third kappa shape index (κ3) is 5.24. The van der Waals surface area contributed by atoms with Gasteiger partial charge in [0.05, 0.1) is 12.2 Å². The Hall–Kier alpha value is -0.120. The van der Waals surface area contributed by atoms with Gasteiger partial charge < -0.3 is 15.5 Å². The molecule has 0 bridgehead atoms. The Kier molecular flexibility index (Phi) is 7.23. The summed E-state index contributed by atoms with van der Waals surface area (Å²) >= 11 is 0. The maximum atomic E-state index is 9.57. The van der Waals surface area contributed by atoms with E-state index in [1.54, 1.807) is 0 Å². The topological polar surface area (TPSA) is 52.5 Å². The maximum absolute atomic E-state index is 9.57. The van der Waals surface area contributed by atoms with Gasteiger partial charge >= 0.3 is 0 Å². The molecule has 0 fully saturated rings. The van der Waals surface area contributed by atoms with E-state index in [1.165, 1.54) is 0 Å². The predicted molar refractivity (Wildman–Crippen MR) is 54.7 cm³/mol. The molecule has 0 amide bonds. The van der Waals surface area contributed by atoms with Crippen LogP contribution in [0, 0.1) is 0 Å². The molecule has 0 spiro atoms. The van der Waals surface area contributed by atoms with Gasteiger partial charge in [0.15, 0.2) is 0 Å². The third-order valence-corrected chi connectivity index (χ3v) is 2.32. The summed E-state index contributed by atoms with van der Waals surface area (Å²) in [5.41, 5.74) is 0. The first-order valence-corrected chi connectivity index (χ1v) is 5.23. The minimum Gasteiger partial charge on any atom is -0.390 e. The van der Waals surface area contributed by atoms with Crippen LogP contribution < -0.4 is 5.32 Å². The first-order valence-electron chi connectivity index (χ1n) is 5.23. The van der Waals surface area contributed by atoms with Gasteiger partial charge in [-0.1, -0.05) is 20.3 Å². The highest BCUT2D eigenvalue weighted by molar-refractivity contribution is 4.76. The molecule has 3 N–H and O–H groups in total. The van der Waals surface area contributed by atoms with E-state index in [2.05, 4.69) is 12.2 Å². The largest absolute Gasteiger partial charge is 0.390 e. The molecule has 3 nitrogen and oxygen atoms in total. The average molecular weight is 189 g/mol. The van der Waals surface area contributed by atoms with Crippen LogP contribution in [0.15, 0.2) is 0 Å². The summed E-state index contributed by atoms with van der Waals surface area (Å²) in [5, 5.41) is 22.1. The van der Waals surface area contributed by atoms with Crippen molar-refractivity contribution in [3.8, 4) is 0 Å². The first-order chi connectivity index (χ1) is 6.13. The van der Waals surface area contributed by atoms with Crippen LogP contribution in [0.4, 0.5) is 0 Å². The van der Waals surface area contributed by atoms with Gasteiger partial charge in [-0.2, -0.15) is 0 Å². The summed E-state index contributed by atoms with van der Waals surface area (Å²) in [5.74, 6) is 0. The van der Waals surface area contributed by atoms with Crippen LogP contribution in [0.25, 0.3) is 0 Å². The average Bonchev–Trinajstić information content (AvgIpc) is 2.15. The van der Waals surface area contributed by atoms with Gasteiger partial charge in [0, 0.05) is 6.04 Å². The van der Waals surface area contributed by atoms with E-state index in [4.69, 9.17) is 0 Å². The molecule has 80 valence electrons. The lowest BCUT2D eigenvalue weighted by atomic mass is 10.1. The van der Waals surface area contributed by atoms with Crippen LogP contribution in [-0.2, 0) is 0 Å². The van der Waals surface area contributed by atoms with E-state index in [-0.39, 0.29) is 6.04 Å². The highest BCUT2D eigenvalue weighted by Gasteiger charge is 2.20. The van der Waals surface area contributed by atoms with Crippen molar-refractivity contribution in [3.05, 3.63) is 0 Å². The zero-order chi connectivity index (χ0) is 10.3. The standard InChI is InChI=1S/C10H23NO2/c1-4-6-7-11-8(3)10(13)9(12)5-2/h8-13H,4-7H2,1-3H3. The Bertz CT molecular complexity index is 119. The van der Waals surface area contributed by atoms with Gasteiger partial charge in [0.1, 0.15) is 0 Å². The van der Waals surface area contributed by atoms with Gasteiger partial charge in [-0.25, -0.2) is 0 Å². The van der Waals surface area contributed by atoms with Crippen LogP contribution in [-0.4, -0.2) is 35.0 Å². The minimum atomic E-state index is -0.651. The van der Waals surface area contributed by atoms with Crippen molar-refractivity contribution < 1.29 is 10.2 Å². The molecule has 0 aliphatic heterocycles. The zero-order valence-electron chi connectivity index (χ0n) is 8.95. The molecule has 0 aromatic rings. The third-order valence-electron chi connectivity index (χ3n) is 2.32. The second-order valence-electron chi connectivity index (χ2n) is 3.56. The van der Waals surface area contributed by atoms with Crippen LogP contribution in [0.3, 0.4) is 0 Å². The van der Waals surface area contributed by atoms with E-state index in [0.717, 1.165) is 19.4 Å². The van der Waals surface area contributed by atoms with E-state index in [1.807, 2.05) is 13.8 Å². The molecule has 0 aromatic heterocycles. The molecule has 0 radical (unpaired) electrons. The Balaban J connectivity index is 3.62. The molecule has 3 atom stereocenters. The van der Waals surface area contributed by atoms with Crippen molar-refractivity contribution >= 4 is 0 Å². The van der Waals surface area contributed by atoms with Crippen molar-refractivity contribution in [2.75, 3.05) is 6.54 Å². The molecule has 3 heteroatoms. The summed E-state index contributed by atoms with van der Waals surface area (Å²) in [7, 11) is 0. The number of hydrogen-bond donors (Lipinski definition) is 3. The number of rotatable bonds is 7. The number of aliphatic hydroxyl groups is 2. The number of unbranched alkanes of at least 4 members (excludes halogenated alkanes) is 1. The number of aliphatic hydroxyl groups excluding tert-OH is 2. The van der Waals surface area contributed by atoms with Crippen molar-refractivity contribution in [1.29, 1.82) is 0 Å². The second-order valence-corrected chi connectivity index (χ2v) is 3.56. The molecule has 0 heterocycles. The van der Waals surface area contributed by atoms with Gasteiger partial charge in [0.2, 0.25) is 0 Å². The Morgan fingerprint density at radius 2 is 1.85 bits per heavy atom. The van der Waals surface area contributed by atoms with Crippen molar-refractivity contribution in [3.63, 3.8) is 0 Å². The van der Waals surface area contributed by atoms with Crippen LogP contribution in [0.2, 0.25) is 0 Å². The molecule has 0 rings (SSSR count). The SMILES string of the molecule is CCCCNC(C)C(O)C(O)CC. The van der Waals surface area contributed by atoms with Gasteiger partial charge in [-0.15, -0.1) is 0 Å². The zero-order valence-corrected chi connectivity index (χ0v) is 8.95. The summed E-state index contributed by atoms with van der Waals surface area (Å²) in [6, 6.07) is -0.0264. The van der Waals surface area contributed by atoms with Crippen molar-refractivity contribution in [2.24, 2.45) is 0 Å². The van der Waals surface area contributed by atoms with E-state index < -0.39 is 12.2 Å². The van der Waals surface area contributed by atoms with Gasteiger partial charge in [-0.05, 0) is 26.3 Å². The normalized spacial score (nSPS) is 18.2. The molecule has 3 unspecified atom stereocenters. The Labute approximate surface area is 81.2 Å². The molecule has 0 aromatic carbocycles. The lowest BCUT2D eigenvalue weighted by Gasteiger charge is -2.23. The van der Waals surface area contributed by atoms with Crippen LogP contribution in [0.5, 0.6) is 0 Å². The predicted octanol–water partition coefficient (Wildman–Crippen LogP) is 0.896. The highest BCUT2D eigenvalue weighted by atomic mass is 16.3. The molecule has 0 saturated heterocycles. The van der Waals surface area contributed by atoms with E-state index in [0.29, 0.717) is 6.42 Å². The molecule has 0 saturated carbocycles. The monoisotopic (exact) mass is 189 g/mol. The smallest absolute Gasteiger partial charge is 0.0948 e. The quantitative estimate of drug-likeness (QED) is 0.521. The fourth-order valence-corrected chi connectivity index (χ4v) is 1.20. The Morgan fingerprint density at radius 1 is 1.23 bits per heavy atom. The summed E-state index contributed by atoms with van der Waals surface area (Å²) in [4.78, 5) is 0. The van der Waals surface area contributed by atoms with Crippen molar-refractivity contribution in [1.82, 2.24) is 5.32 Å². The number of nitrogens with one attached hydrogen (secondary N) is 1. The van der Waals surface area contributed by atoms with E-state index in [9.17, 15) is 10.2 Å². The van der Waals surface area contributed by atoms with E-state index >= 15 is 0 Å². The minimum absolute atomic E-state index is 0.0264. The maximum Gasteiger partial charge on any atom is 0.0948 e. The molecular weight excluding hydrogens is 166 g/mol. The van der Waals surface area contributed by atoms with Gasteiger partial charge in [-0.3, -0.25) is 0 Å². The fourth-order valence-electron chi connectivity index (χ4n) is 1.20. The van der Waals surface area contributed by atoms with Crippen LogP contribution in [0.1, 0.15) is 40.0 Å². The number of hydrogen-bond acceptors (Lipinski definition) is 3. The van der Waals surface area contributed by atoms with Crippen molar-refractivity contribution in [2.45, 2.75) is 58.3 Å². The highest BCUT2D eigenvalue weighted by Crippen LogP contribution is 2.03. The first kappa shape index (κ1) is 12.9. The molecule has 13 heavy (non-hydrogen) atoms. The lowest BCUT2D eigenvalue weighted by molar-refractivity contribution is -0.00165. The summed E-state index contributed by atoms with van der Waals surface area (Å²) in [6.45, 7) is 6.81. The second kappa shape index (κ2) is 7.30. The summed E-state index contributed by atoms with van der Waals surface area (Å²) < 4.78 is 0.